The second-order valence-corrected chi connectivity index (χ2v) is 5.45. The predicted octanol–water partition coefficient (Wildman–Crippen LogP) is 0.967. The lowest BCUT2D eigenvalue weighted by atomic mass is 10.1. The number of amides is 2. The summed E-state index contributed by atoms with van der Waals surface area (Å²) in [5.74, 6) is -2.37. The number of aromatic nitrogens is 1. The zero-order valence-corrected chi connectivity index (χ0v) is 13.6. The van der Waals surface area contributed by atoms with Crippen molar-refractivity contribution in [1.82, 2.24) is 4.98 Å². The number of benzene rings is 1. The second kappa shape index (κ2) is 7.10. The molecule has 1 atom stereocenters. The van der Waals surface area contributed by atoms with Gasteiger partial charge in [-0.15, -0.1) is 0 Å². The van der Waals surface area contributed by atoms with E-state index < -0.39 is 29.4 Å². The average molecular weight is 343 g/mol. The van der Waals surface area contributed by atoms with Crippen LogP contribution in [0.15, 0.2) is 41.2 Å². The summed E-state index contributed by atoms with van der Waals surface area (Å²) in [7, 11) is 0. The molecule has 1 aromatic carbocycles. The summed E-state index contributed by atoms with van der Waals surface area (Å²) in [6.45, 7) is 2.72. The number of carboxylic acid groups (broad SMARTS) is 1. The number of imide groups is 1. The van der Waals surface area contributed by atoms with E-state index in [2.05, 4.69) is 4.98 Å². The fourth-order valence-electron chi connectivity index (χ4n) is 2.29. The standard InChI is InChI=1S/C17H17N3O5/c1-9(18)16(23)20(10(2)21)12-5-3-4-11(8-12)14-7-6-13(17(24)25)15(22)19-14/h3-9H,18H2,1-2H3,(H,19,22)(H,24,25)/t9-/m0/s1. The van der Waals surface area contributed by atoms with E-state index in [9.17, 15) is 19.2 Å². The summed E-state index contributed by atoms with van der Waals surface area (Å²) in [5, 5.41) is 8.90. The van der Waals surface area contributed by atoms with Crippen molar-refractivity contribution in [2.24, 2.45) is 5.73 Å². The summed E-state index contributed by atoms with van der Waals surface area (Å²) in [6, 6.07) is 8.14. The molecule has 0 saturated carbocycles. The maximum atomic E-state index is 12.2. The first-order chi connectivity index (χ1) is 11.7. The molecule has 8 heteroatoms. The fraction of sp³-hybridized carbons (Fsp3) is 0.176. The number of nitrogens with zero attached hydrogens (tertiary/aromatic N) is 1. The SMILES string of the molecule is CC(=O)N(C(=O)[C@H](C)N)c1cccc(-c2ccc(C(=O)O)c(=O)[nH]2)c1. The minimum atomic E-state index is -1.33. The lowest BCUT2D eigenvalue weighted by molar-refractivity contribution is -0.126. The number of nitrogens with one attached hydrogen (secondary N) is 1. The van der Waals surface area contributed by atoms with Crippen molar-refractivity contribution in [2.45, 2.75) is 19.9 Å². The molecule has 8 nitrogen and oxygen atoms in total. The van der Waals surface area contributed by atoms with Gasteiger partial charge in [0.15, 0.2) is 0 Å². The van der Waals surface area contributed by atoms with Crippen molar-refractivity contribution in [3.63, 3.8) is 0 Å². The van der Waals surface area contributed by atoms with E-state index >= 15 is 0 Å². The summed E-state index contributed by atoms with van der Waals surface area (Å²) < 4.78 is 0. The molecule has 1 aromatic heterocycles. The van der Waals surface area contributed by atoms with Gasteiger partial charge in [0.25, 0.3) is 5.56 Å². The fourth-order valence-corrected chi connectivity index (χ4v) is 2.29. The van der Waals surface area contributed by atoms with Crippen molar-refractivity contribution in [2.75, 3.05) is 4.90 Å². The normalized spacial score (nSPS) is 11.6. The molecule has 25 heavy (non-hydrogen) atoms. The van der Waals surface area contributed by atoms with Crippen molar-refractivity contribution >= 4 is 23.5 Å². The molecule has 1 heterocycles. The number of H-pyrrole nitrogens is 1. The van der Waals surface area contributed by atoms with E-state index in [-0.39, 0.29) is 5.56 Å². The Morgan fingerprint density at radius 3 is 2.40 bits per heavy atom. The molecule has 130 valence electrons. The van der Waals surface area contributed by atoms with Crippen LogP contribution in [-0.2, 0) is 9.59 Å². The van der Waals surface area contributed by atoms with Crippen LogP contribution in [0.4, 0.5) is 5.69 Å². The van der Waals surface area contributed by atoms with Gasteiger partial charge < -0.3 is 15.8 Å². The molecule has 0 radical (unpaired) electrons. The first kappa shape index (κ1) is 18.1. The Morgan fingerprint density at radius 2 is 1.88 bits per heavy atom. The zero-order valence-electron chi connectivity index (χ0n) is 13.6. The van der Waals surface area contributed by atoms with Gasteiger partial charge in [-0.3, -0.25) is 14.4 Å². The van der Waals surface area contributed by atoms with Gasteiger partial charge in [-0.05, 0) is 31.2 Å². The van der Waals surface area contributed by atoms with Gasteiger partial charge in [-0.2, -0.15) is 0 Å². The molecule has 0 aliphatic rings. The van der Waals surface area contributed by atoms with E-state index in [4.69, 9.17) is 10.8 Å². The Bertz CT molecular complexity index is 901. The number of hydrogen-bond donors (Lipinski definition) is 3. The molecule has 2 amide bonds. The molecule has 4 N–H and O–H groups in total. The highest BCUT2D eigenvalue weighted by Gasteiger charge is 2.23. The van der Waals surface area contributed by atoms with E-state index in [1.165, 1.54) is 32.0 Å². The van der Waals surface area contributed by atoms with E-state index in [1.54, 1.807) is 18.2 Å². The first-order valence-electron chi connectivity index (χ1n) is 7.39. The number of carbonyl (C=O) groups is 3. The summed E-state index contributed by atoms with van der Waals surface area (Å²) >= 11 is 0. The molecule has 0 bridgehead atoms. The quantitative estimate of drug-likeness (QED) is 0.757. The van der Waals surface area contributed by atoms with Gasteiger partial charge >= 0.3 is 5.97 Å². The lowest BCUT2D eigenvalue weighted by Gasteiger charge is -2.21. The average Bonchev–Trinajstić information content (AvgIpc) is 2.54. The maximum Gasteiger partial charge on any atom is 0.341 e. The molecule has 0 spiro atoms. The van der Waals surface area contributed by atoms with Gasteiger partial charge in [-0.1, -0.05) is 12.1 Å². The zero-order chi connectivity index (χ0) is 18.7. The molecule has 2 aromatic rings. The van der Waals surface area contributed by atoms with Crippen LogP contribution in [0.2, 0.25) is 0 Å². The number of hydrogen-bond acceptors (Lipinski definition) is 5. The summed E-state index contributed by atoms with van der Waals surface area (Å²) in [4.78, 5) is 50.2. The molecule has 0 aliphatic heterocycles. The predicted molar refractivity (Wildman–Crippen MR) is 91.3 cm³/mol. The van der Waals surface area contributed by atoms with Crippen molar-refractivity contribution in [3.8, 4) is 11.3 Å². The van der Waals surface area contributed by atoms with Crippen LogP contribution < -0.4 is 16.2 Å². The molecule has 2 rings (SSSR count). The molecule has 0 aliphatic carbocycles. The number of pyridine rings is 1. The topological polar surface area (TPSA) is 134 Å². The number of anilines is 1. The highest BCUT2D eigenvalue weighted by Crippen LogP contribution is 2.23. The number of rotatable bonds is 4. The number of nitrogens with two attached hydrogens (primary N) is 1. The number of aromatic amines is 1. The Hall–Kier alpha value is -3.26. The number of carbonyl (C=O) groups excluding carboxylic acids is 2. The van der Waals surface area contributed by atoms with Gasteiger partial charge in [-0.25, -0.2) is 9.69 Å². The molecule has 0 fully saturated rings. The summed E-state index contributed by atoms with van der Waals surface area (Å²) in [6.07, 6.45) is 0. The molecule has 0 saturated heterocycles. The molecule has 0 unspecified atom stereocenters. The van der Waals surface area contributed by atoms with Crippen LogP contribution in [0, 0.1) is 0 Å². The summed E-state index contributed by atoms with van der Waals surface area (Å²) in [5.41, 5.74) is 5.62. The lowest BCUT2D eigenvalue weighted by Crippen LogP contribution is -2.44. The van der Waals surface area contributed by atoms with E-state index in [0.717, 1.165) is 4.90 Å². The van der Waals surface area contributed by atoms with E-state index in [1.807, 2.05) is 0 Å². The Balaban J connectivity index is 2.50. The van der Waals surface area contributed by atoms with Crippen LogP contribution in [0.3, 0.4) is 0 Å². The minimum Gasteiger partial charge on any atom is -0.477 e. The Labute approximate surface area is 142 Å². The van der Waals surface area contributed by atoms with Crippen LogP contribution in [0.1, 0.15) is 24.2 Å². The highest BCUT2D eigenvalue weighted by atomic mass is 16.4. The second-order valence-electron chi connectivity index (χ2n) is 5.45. The van der Waals surface area contributed by atoms with Crippen LogP contribution in [0.25, 0.3) is 11.3 Å². The van der Waals surface area contributed by atoms with Crippen LogP contribution in [0.5, 0.6) is 0 Å². The maximum absolute atomic E-state index is 12.2. The highest BCUT2D eigenvalue weighted by molar-refractivity contribution is 6.15. The van der Waals surface area contributed by atoms with Gasteiger partial charge in [0, 0.05) is 18.2 Å². The largest absolute Gasteiger partial charge is 0.477 e. The third-order valence-corrected chi connectivity index (χ3v) is 3.48. The minimum absolute atomic E-state index is 0.301. The smallest absolute Gasteiger partial charge is 0.341 e. The number of carboxylic acids is 1. The monoisotopic (exact) mass is 343 g/mol. The molecular formula is C17H17N3O5. The van der Waals surface area contributed by atoms with Crippen molar-refractivity contribution < 1.29 is 19.5 Å². The van der Waals surface area contributed by atoms with E-state index in [0.29, 0.717) is 16.9 Å². The first-order valence-corrected chi connectivity index (χ1v) is 7.39. The van der Waals surface area contributed by atoms with Gasteiger partial charge in [0.2, 0.25) is 11.8 Å². The third kappa shape index (κ3) is 3.81. The van der Waals surface area contributed by atoms with Crippen LogP contribution >= 0.6 is 0 Å². The Morgan fingerprint density at radius 1 is 1.20 bits per heavy atom. The number of aromatic carboxylic acids is 1. The van der Waals surface area contributed by atoms with Crippen molar-refractivity contribution in [3.05, 3.63) is 52.3 Å². The Kier molecular flexibility index (Phi) is 5.14. The van der Waals surface area contributed by atoms with Crippen LogP contribution in [-0.4, -0.2) is 33.9 Å². The van der Waals surface area contributed by atoms with Crippen molar-refractivity contribution in [1.29, 1.82) is 0 Å². The van der Waals surface area contributed by atoms with Gasteiger partial charge in [0.1, 0.15) is 5.56 Å². The third-order valence-electron chi connectivity index (χ3n) is 3.48. The van der Waals surface area contributed by atoms with Gasteiger partial charge in [0.05, 0.1) is 11.7 Å². The molecular weight excluding hydrogens is 326 g/mol.